The number of halogens is 1. The number of hydrogen-bond donors (Lipinski definition) is 1. The zero-order valence-electron chi connectivity index (χ0n) is 10.8. The average Bonchev–Trinajstić information content (AvgIpc) is 3.10. The van der Waals surface area contributed by atoms with Gasteiger partial charge in [-0.1, -0.05) is 29.8 Å². The Morgan fingerprint density at radius 1 is 1.05 bits per heavy atom. The van der Waals surface area contributed by atoms with Crippen molar-refractivity contribution in [3.63, 3.8) is 0 Å². The lowest BCUT2D eigenvalue weighted by atomic mass is 10.2. The van der Waals surface area contributed by atoms with Gasteiger partial charge in [0.2, 0.25) is 0 Å². The fourth-order valence-corrected chi connectivity index (χ4v) is 2.86. The molecule has 1 aromatic carbocycles. The van der Waals surface area contributed by atoms with E-state index in [-0.39, 0.29) is 0 Å². The Kier molecular flexibility index (Phi) is 4.21. The lowest BCUT2D eigenvalue weighted by molar-refractivity contribution is 0.494. The molecule has 1 N–H and O–H groups in total. The molecule has 2 aromatic heterocycles. The summed E-state index contributed by atoms with van der Waals surface area (Å²) in [6, 6.07) is 15.8. The van der Waals surface area contributed by atoms with E-state index in [1.807, 2.05) is 36.4 Å². The van der Waals surface area contributed by atoms with Gasteiger partial charge in [-0.25, -0.2) is 0 Å². The molecule has 0 unspecified atom stereocenters. The Morgan fingerprint density at radius 2 is 2.00 bits per heavy atom. The van der Waals surface area contributed by atoms with Crippen LogP contribution in [0, 0.1) is 0 Å². The molecule has 0 aliphatic carbocycles. The van der Waals surface area contributed by atoms with E-state index in [9.17, 15) is 0 Å². The van der Waals surface area contributed by atoms with Crippen molar-refractivity contribution in [2.24, 2.45) is 0 Å². The van der Waals surface area contributed by atoms with Crippen molar-refractivity contribution < 1.29 is 4.42 Å². The van der Waals surface area contributed by atoms with Gasteiger partial charge in [-0.2, -0.15) is 0 Å². The number of thiophene rings is 1. The molecule has 20 heavy (non-hydrogen) atoms. The quantitative estimate of drug-likeness (QED) is 0.721. The van der Waals surface area contributed by atoms with Crippen LogP contribution in [0.5, 0.6) is 0 Å². The van der Waals surface area contributed by atoms with Crippen molar-refractivity contribution in [1.82, 2.24) is 5.32 Å². The van der Waals surface area contributed by atoms with Crippen LogP contribution in [0.1, 0.15) is 10.6 Å². The third-order valence-electron chi connectivity index (χ3n) is 2.95. The summed E-state index contributed by atoms with van der Waals surface area (Å²) >= 11 is 7.74. The van der Waals surface area contributed by atoms with Crippen LogP contribution >= 0.6 is 22.9 Å². The minimum absolute atomic E-state index is 0.719. The Labute approximate surface area is 127 Å². The van der Waals surface area contributed by atoms with Crippen LogP contribution in [-0.4, -0.2) is 0 Å². The molecule has 0 radical (unpaired) electrons. The minimum Gasteiger partial charge on any atom is -0.460 e. The predicted octanol–water partition coefficient (Wildman–Crippen LogP) is 4.95. The van der Waals surface area contributed by atoms with Crippen molar-refractivity contribution in [2.75, 3.05) is 0 Å². The van der Waals surface area contributed by atoms with Crippen LogP contribution in [0.4, 0.5) is 0 Å². The number of furan rings is 1. The highest BCUT2D eigenvalue weighted by molar-refractivity contribution is 7.09. The molecule has 0 spiro atoms. The molecule has 102 valence electrons. The summed E-state index contributed by atoms with van der Waals surface area (Å²) in [6.45, 7) is 1.59. The van der Waals surface area contributed by atoms with E-state index < -0.39 is 0 Å². The first-order valence-electron chi connectivity index (χ1n) is 6.39. The maximum absolute atomic E-state index is 5.99. The highest BCUT2D eigenvalue weighted by Crippen LogP contribution is 2.24. The second-order valence-electron chi connectivity index (χ2n) is 4.46. The predicted molar refractivity (Wildman–Crippen MR) is 84.0 cm³/mol. The highest BCUT2D eigenvalue weighted by Gasteiger charge is 2.05. The van der Waals surface area contributed by atoms with Crippen LogP contribution in [0.25, 0.3) is 11.3 Å². The van der Waals surface area contributed by atoms with Crippen molar-refractivity contribution in [1.29, 1.82) is 0 Å². The second kappa shape index (κ2) is 6.27. The van der Waals surface area contributed by atoms with E-state index in [1.165, 1.54) is 4.88 Å². The van der Waals surface area contributed by atoms with Gasteiger partial charge in [-0.15, -0.1) is 11.3 Å². The van der Waals surface area contributed by atoms with Crippen molar-refractivity contribution in [3.05, 3.63) is 69.6 Å². The van der Waals surface area contributed by atoms with E-state index >= 15 is 0 Å². The van der Waals surface area contributed by atoms with E-state index in [2.05, 4.69) is 22.8 Å². The molecule has 0 fully saturated rings. The summed E-state index contributed by atoms with van der Waals surface area (Å²) in [7, 11) is 0. The minimum atomic E-state index is 0.719. The molecular formula is C16H14ClNOS. The van der Waals surface area contributed by atoms with Gasteiger partial charge in [0.1, 0.15) is 11.5 Å². The summed E-state index contributed by atoms with van der Waals surface area (Å²) in [5.74, 6) is 1.77. The van der Waals surface area contributed by atoms with E-state index in [4.69, 9.17) is 16.0 Å². The van der Waals surface area contributed by atoms with Gasteiger partial charge >= 0.3 is 0 Å². The first-order valence-corrected chi connectivity index (χ1v) is 7.65. The van der Waals surface area contributed by atoms with Crippen LogP contribution in [0.15, 0.2) is 58.3 Å². The SMILES string of the molecule is Clc1cccc(-c2ccc(CNCc3cccs3)o2)c1. The van der Waals surface area contributed by atoms with Gasteiger partial charge in [0.15, 0.2) is 0 Å². The number of rotatable bonds is 5. The van der Waals surface area contributed by atoms with Crippen molar-refractivity contribution in [3.8, 4) is 11.3 Å². The van der Waals surface area contributed by atoms with Gasteiger partial charge in [0, 0.05) is 22.0 Å². The number of benzene rings is 1. The second-order valence-corrected chi connectivity index (χ2v) is 5.93. The average molecular weight is 304 g/mol. The molecule has 0 amide bonds. The molecule has 0 bridgehead atoms. The molecule has 0 aliphatic rings. The van der Waals surface area contributed by atoms with Crippen LogP contribution in [-0.2, 0) is 13.1 Å². The molecule has 0 saturated heterocycles. The molecule has 3 rings (SSSR count). The smallest absolute Gasteiger partial charge is 0.134 e. The van der Waals surface area contributed by atoms with Crippen LogP contribution < -0.4 is 5.32 Å². The van der Waals surface area contributed by atoms with Gasteiger partial charge in [-0.3, -0.25) is 0 Å². The van der Waals surface area contributed by atoms with E-state index in [1.54, 1.807) is 11.3 Å². The van der Waals surface area contributed by atoms with Crippen molar-refractivity contribution >= 4 is 22.9 Å². The molecule has 0 saturated carbocycles. The third kappa shape index (κ3) is 3.31. The fourth-order valence-electron chi connectivity index (χ4n) is 1.99. The Bertz CT molecular complexity index is 675. The van der Waals surface area contributed by atoms with Crippen molar-refractivity contribution in [2.45, 2.75) is 13.1 Å². The van der Waals surface area contributed by atoms with Crippen LogP contribution in [0.3, 0.4) is 0 Å². The highest BCUT2D eigenvalue weighted by atomic mass is 35.5. The normalized spacial score (nSPS) is 10.8. The maximum atomic E-state index is 5.99. The molecule has 2 nitrogen and oxygen atoms in total. The zero-order chi connectivity index (χ0) is 13.8. The van der Waals surface area contributed by atoms with Gasteiger partial charge in [0.05, 0.1) is 6.54 Å². The fraction of sp³-hybridized carbons (Fsp3) is 0.125. The van der Waals surface area contributed by atoms with Gasteiger partial charge in [-0.05, 0) is 35.7 Å². The molecule has 4 heteroatoms. The summed E-state index contributed by atoms with van der Waals surface area (Å²) in [5, 5.41) is 6.17. The lowest BCUT2D eigenvalue weighted by Crippen LogP contribution is -2.10. The third-order valence-corrected chi connectivity index (χ3v) is 4.06. The maximum Gasteiger partial charge on any atom is 0.134 e. The monoisotopic (exact) mass is 303 g/mol. The lowest BCUT2D eigenvalue weighted by Gasteiger charge is -2.01. The van der Waals surface area contributed by atoms with Gasteiger partial charge < -0.3 is 9.73 Å². The number of nitrogens with one attached hydrogen (secondary N) is 1. The molecule has 2 heterocycles. The first-order chi connectivity index (χ1) is 9.81. The standard InChI is InChI=1S/C16H14ClNOS/c17-13-4-1-3-12(9-13)16-7-6-14(19-16)10-18-11-15-5-2-8-20-15/h1-9,18H,10-11H2. The Hall–Kier alpha value is -1.55. The summed E-state index contributed by atoms with van der Waals surface area (Å²) in [6.07, 6.45) is 0. The van der Waals surface area contributed by atoms with Crippen LogP contribution in [0.2, 0.25) is 5.02 Å². The van der Waals surface area contributed by atoms with E-state index in [0.717, 1.165) is 35.2 Å². The molecule has 0 atom stereocenters. The Morgan fingerprint density at radius 3 is 2.80 bits per heavy atom. The first kappa shape index (κ1) is 13.4. The van der Waals surface area contributed by atoms with E-state index in [0.29, 0.717) is 0 Å². The molecular weight excluding hydrogens is 290 g/mol. The summed E-state index contributed by atoms with van der Waals surface area (Å²) < 4.78 is 5.83. The molecule has 3 aromatic rings. The largest absolute Gasteiger partial charge is 0.460 e. The zero-order valence-corrected chi connectivity index (χ0v) is 12.4. The Balaban J connectivity index is 1.62. The summed E-state index contributed by atoms with van der Waals surface area (Å²) in [4.78, 5) is 1.33. The van der Waals surface area contributed by atoms with Gasteiger partial charge in [0.25, 0.3) is 0 Å². The molecule has 0 aliphatic heterocycles. The number of hydrogen-bond acceptors (Lipinski definition) is 3. The topological polar surface area (TPSA) is 25.2 Å². The summed E-state index contributed by atoms with van der Waals surface area (Å²) in [5.41, 5.74) is 1.00.